The van der Waals surface area contributed by atoms with Crippen LogP contribution in [0.2, 0.25) is 5.02 Å². The van der Waals surface area contributed by atoms with E-state index in [4.69, 9.17) is 21.1 Å². The lowest BCUT2D eigenvalue weighted by atomic mass is 9.90. The molecule has 2 N–H and O–H groups in total. The largest absolute Gasteiger partial charge is 0.490 e. The molecule has 0 spiro atoms. The Morgan fingerprint density at radius 3 is 2.53 bits per heavy atom. The highest BCUT2D eigenvalue weighted by molar-refractivity contribution is 6.34. The van der Waals surface area contributed by atoms with Crippen LogP contribution in [0.1, 0.15) is 18.9 Å². The predicted molar refractivity (Wildman–Crippen MR) is 127 cm³/mol. The summed E-state index contributed by atoms with van der Waals surface area (Å²) in [6.45, 7) is 2.17. The lowest BCUT2D eigenvalue weighted by molar-refractivity contribution is -0.133. The van der Waals surface area contributed by atoms with Crippen LogP contribution in [0.15, 0.2) is 54.6 Å². The summed E-state index contributed by atoms with van der Waals surface area (Å²) in [6.07, 6.45) is 0.732. The average Bonchev–Trinajstić information content (AvgIpc) is 2.97. The number of carbonyl (C=O) groups is 3. The van der Waals surface area contributed by atoms with Crippen LogP contribution < -0.4 is 20.1 Å². The first-order valence-electron chi connectivity index (χ1n) is 10.9. The summed E-state index contributed by atoms with van der Waals surface area (Å²) < 4.78 is 11.2. The third-order valence-corrected chi connectivity index (χ3v) is 6.33. The van der Waals surface area contributed by atoms with Crippen LogP contribution in [0.5, 0.6) is 11.5 Å². The zero-order valence-corrected chi connectivity index (χ0v) is 19.1. The molecular weight excluding hydrogens is 458 g/mol. The van der Waals surface area contributed by atoms with Crippen molar-refractivity contribution < 1.29 is 23.9 Å². The molecule has 5 rings (SSSR count). The molecule has 0 radical (unpaired) electrons. The zero-order chi connectivity index (χ0) is 23.9. The van der Waals surface area contributed by atoms with Gasteiger partial charge in [0.05, 0.1) is 23.9 Å². The molecule has 0 saturated carbocycles. The molecule has 4 amide bonds. The number of benzene rings is 3. The fourth-order valence-corrected chi connectivity index (χ4v) is 4.35. The highest BCUT2D eigenvalue weighted by atomic mass is 35.5. The highest BCUT2D eigenvalue weighted by Gasteiger charge is 2.49. The van der Waals surface area contributed by atoms with Crippen molar-refractivity contribution in [3.8, 4) is 11.5 Å². The number of imide groups is 1. The van der Waals surface area contributed by atoms with Gasteiger partial charge in [-0.25, -0.2) is 4.79 Å². The molecule has 3 aromatic rings. The van der Waals surface area contributed by atoms with Gasteiger partial charge in [0.15, 0.2) is 11.5 Å². The van der Waals surface area contributed by atoms with Gasteiger partial charge in [-0.05, 0) is 29.3 Å². The SMILES string of the molecule is CC1(c2ccc3ccccc3c2)NC(=O)N(CC(=O)Nc2cc3c(cc2Cl)OCCCO3)C1=O. The summed E-state index contributed by atoms with van der Waals surface area (Å²) in [6, 6.07) is 15.8. The van der Waals surface area contributed by atoms with E-state index in [0.717, 1.165) is 22.1 Å². The van der Waals surface area contributed by atoms with Crippen molar-refractivity contribution >= 4 is 45.9 Å². The summed E-state index contributed by atoms with van der Waals surface area (Å²) >= 11 is 6.30. The van der Waals surface area contributed by atoms with Gasteiger partial charge < -0.3 is 20.1 Å². The second-order valence-corrected chi connectivity index (χ2v) is 8.79. The van der Waals surface area contributed by atoms with Crippen molar-refractivity contribution in [1.29, 1.82) is 0 Å². The molecule has 1 unspecified atom stereocenters. The topological polar surface area (TPSA) is 97.0 Å². The summed E-state index contributed by atoms with van der Waals surface area (Å²) in [5.41, 5.74) is -0.340. The van der Waals surface area contributed by atoms with Crippen molar-refractivity contribution in [1.82, 2.24) is 10.2 Å². The van der Waals surface area contributed by atoms with E-state index in [-0.39, 0.29) is 5.02 Å². The molecule has 0 bridgehead atoms. The van der Waals surface area contributed by atoms with Crippen LogP contribution in [0.3, 0.4) is 0 Å². The van der Waals surface area contributed by atoms with Crippen molar-refractivity contribution in [3.63, 3.8) is 0 Å². The number of nitrogens with one attached hydrogen (secondary N) is 2. The fraction of sp³-hybridized carbons (Fsp3) is 0.240. The van der Waals surface area contributed by atoms with E-state index in [0.29, 0.717) is 36.0 Å². The minimum Gasteiger partial charge on any atom is -0.490 e. The summed E-state index contributed by atoms with van der Waals surface area (Å²) in [5, 5.41) is 7.62. The molecule has 8 nitrogen and oxygen atoms in total. The normalized spacial score (nSPS) is 19.6. The Morgan fingerprint density at radius 2 is 1.76 bits per heavy atom. The van der Waals surface area contributed by atoms with Crippen LogP contribution in [0, 0.1) is 0 Å². The molecule has 1 fully saturated rings. The van der Waals surface area contributed by atoms with Crippen molar-refractivity contribution in [2.24, 2.45) is 0 Å². The second-order valence-electron chi connectivity index (χ2n) is 8.39. The van der Waals surface area contributed by atoms with Gasteiger partial charge in [0.25, 0.3) is 5.91 Å². The Morgan fingerprint density at radius 1 is 1.06 bits per heavy atom. The van der Waals surface area contributed by atoms with Gasteiger partial charge in [0.2, 0.25) is 5.91 Å². The number of halogens is 1. The molecular formula is C25H22ClN3O5. The van der Waals surface area contributed by atoms with E-state index in [2.05, 4.69) is 10.6 Å². The molecule has 1 saturated heterocycles. The summed E-state index contributed by atoms with van der Waals surface area (Å²) in [5.74, 6) is -0.104. The summed E-state index contributed by atoms with van der Waals surface area (Å²) in [7, 11) is 0. The number of nitrogens with zero attached hydrogens (tertiary/aromatic N) is 1. The minimum atomic E-state index is -1.28. The standard InChI is InChI=1S/C25H22ClN3O5/c1-25(17-8-7-15-5-2-3-6-16(15)11-17)23(31)29(24(32)28-25)14-22(30)27-19-13-21-20(12-18(19)26)33-9-4-10-34-21/h2-3,5-8,11-13H,4,9-10,14H2,1H3,(H,27,30)(H,28,32). The maximum atomic E-state index is 13.3. The number of anilines is 1. The van der Waals surface area contributed by atoms with Crippen LogP contribution in [0.25, 0.3) is 10.8 Å². The summed E-state index contributed by atoms with van der Waals surface area (Å²) in [4.78, 5) is 39.6. The quantitative estimate of drug-likeness (QED) is 0.550. The first-order valence-corrected chi connectivity index (χ1v) is 11.3. The highest BCUT2D eigenvalue weighted by Crippen LogP contribution is 2.38. The Labute approximate surface area is 200 Å². The zero-order valence-electron chi connectivity index (χ0n) is 18.4. The van der Waals surface area contributed by atoms with Gasteiger partial charge >= 0.3 is 6.03 Å². The van der Waals surface area contributed by atoms with Gasteiger partial charge in [-0.15, -0.1) is 0 Å². The monoisotopic (exact) mass is 479 g/mol. The van der Waals surface area contributed by atoms with Gasteiger partial charge in [0, 0.05) is 18.6 Å². The van der Waals surface area contributed by atoms with Crippen LogP contribution in [0.4, 0.5) is 10.5 Å². The van der Waals surface area contributed by atoms with Gasteiger partial charge in [-0.1, -0.05) is 48.0 Å². The van der Waals surface area contributed by atoms with E-state index >= 15 is 0 Å². The number of rotatable bonds is 4. The fourth-order valence-electron chi connectivity index (χ4n) is 4.15. The number of ether oxygens (including phenoxy) is 2. The van der Waals surface area contributed by atoms with E-state index in [1.807, 2.05) is 42.5 Å². The Hall–Kier alpha value is -3.78. The number of amides is 4. The van der Waals surface area contributed by atoms with Crippen molar-refractivity contribution in [2.75, 3.05) is 25.1 Å². The smallest absolute Gasteiger partial charge is 0.325 e. The molecule has 0 aliphatic carbocycles. The van der Waals surface area contributed by atoms with Crippen LogP contribution in [-0.4, -0.2) is 42.5 Å². The van der Waals surface area contributed by atoms with E-state index < -0.39 is 29.9 Å². The third-order valence-electron chi connectivity index (χ3n) is 6.01. The van der Waals surface area contributed by atoms with Gasteiger partial charge in [0.1, 0.15) is 12.1 Å². The molecule has 2 aliphatic rings. The lowest BCUT2D eigenvalue weighted by Crippen LogP contribution is -2.42. The Bertz CT molecular complexity index is 1330. The molecule has 2 heterocycles. The number of urea groups is 1. The Balaban J connectivity index is 1.34. The molecule has 3 aromatic carbocycles. The van der Waals surface area contributed by atoms with E-state index in [1.165, 1.54) is 0 Å². The maximum Gasteiger partial charge on any atom is 0.325 e. The first kappa shape index (κ1) is 22.0. The number of fused-ring (bicyclic) bond motifs is 2. The molecule has 174 valence electrons. The maximum absolute atomic E-state index is 13.3. The molecule has 0 aromatic heterocycles. The predicted octanol–water partition coefficient (Wildman–Crippen LogP) is 4.06. The Kier molecular flexibility index (Phi) is 5.53. The second kappa shape index (κ2) is 8.53. The average molecular weight is 480 g/mol. The van der Waals surface area contributed by atoms with Gasteiger partial charge in [-0.2, -0.15) is 0 Å². The van der Waals surface area contributed by atoms with Crippen LogP contribution >= 0.6 is 11.6 Å². The molecule has 1 atom stereocenters. The van der Waals surface area contributed by atoms with Crippen molar-refractivity contribution in [3.05, 3.63) is 65.2 Å². The first-order chi connectivity index (χ1) is 16.3. The van der Waals surface area contributed by atoms with Gasteiger partial charge in [-0.3, -0.25) is 14.5 Å². The number of hydrogen-bond donors (Lipinski definition) is 2. The molecule has 34 heavy (non-hydrogen) atoms. The lowest BCUT2D eigenvalue weighted by Gasteiger charge is -2.22. The van der Waals surface area contributed by atoms with Crippen LogP contribution in [-0.2, 0) is 15.1 Å². The molecule has 9 heteroatoms. The minimum absolute atomic E-state index is 0.260. The van der Waals surface area contributed by atoms with E-state index in [9.17, 15) is 14.4 Å². The third kappa shape index (κ3) is 3.90. The number of carbonyl (C=O) groups excluding carboxylic acids is 3. The van der Waals surface area contributed by atoms with E-state index in [1.54, 1.807) is 19.1 Å². The molecule has 2 aliphatic heterocycles. The number of hydrogen-bond acceptors (Lipinski definition) is 5. The van der Waals surface area contributed by atoms with Crippen molar-refractivity contribution in [2.45, 2.75) is 18.9 Å².